The molecule has 0 radical (unpaired) electrons. The third-order valence-corrected chi connectivity index (χ3v) is 5.92. The number of nitrogens with one attached hydrogen (secondary N) is 2. The lowest BCUT2D eigenvalue weighted by molar-refractivity contribution is 0.0942. The zero-order chi connectivity index (χ0) is 22.7. The van der Waals surface area contributed by atoms with Crippen LogP contribution < -0.4 is 15.5 Å². The van der Waals surface area contributed by atoms with Crippen LogP contribution in [0.15, 0.2) is 42.5 Å². The predicted octanol–water partition coefficient (Wildman–Crippen LogP) is 4.80. The van der Waals surface area contributed by atoms with Crippen LogP contribution in [0.2, 0.25) is 0 Å². The van der Waals surface area contributed by atoms with Gasteiger partial charge in [-0.1, -0.05) is 12.1 Å². The molecule has 1 saturated carbocycles. The molecule has 1 amide bonds. The molecule has 4 rings (SSSR count). The van der Waals surface area contributed by atoms with Gasteiger partial charge in [0.2, 0.25) is 5.95 Å². The first-order chi connectivity index (χ1) is 15.4. The van der Waals surface area contributed by atoms with E-state index in [1.165, 1.54) is 6.07 Å². The fraction of sp³-hybridized carbons (Fsp3) is 0.375. The summed E-state index contributed by atoms with van der Waals surface area (Å²) < 4.78 is 26.4. The molecule has 1 heterocycles. The minimum atomic E-state index is -1.02. The number of rotatable bonds is 6. The van der Waals surface area contributed by atoms with E-state index in [2.05, 4.69) is 15.6 Å². The summed E-state index contributed by atoms with van der Waals surface area (Å²) in [6.45, 7) is 0.516. The van der Waals surface area contributed by atoms with Gasteiger partial charge in [-0.2, -0.15) is 4.98 Å². The Morgan fingerprint density at radius 2 is 1.76 bits per heavy atom. The van der Waals surface area contributed by atoms with Crippen molar-refractivity contribution in [2.24, 2.45) is 5.92 Å². The second-order valence-corrected chi connectivity index (χ2v) is 8.48. The monoisotopic (exact) mass is 475 g/mol. The van der Waals surface area contributed by atoms with E-state index in [1.807, 2.05) is 43.3 Å². The number of fused-ring (bicyclic) bond motifs is 1. The average molecular weight is 476 g/mol. The van der Waals surface area contributed by atoms with Gasteiger partial charge in [0.25, 0.3) is 5.91 Å². The average Bonchev–Trinajstić information content (AvgIpc) is 2.79. The van der Waals surface area contributed by atoms with Gasteiger partial charge in [0.1, 0.15) is 5.82 Å². The summed E-state index contributed by atoms with van der Waals surface area (Å²) in [4.78, 5) is 23.6. The molecule has 6 nitrogen and oxygen atoms in total. The third kappa shape index (κ3) is 5.87. The lowest BCUT2D eigenvalue weighted by Crippen LogP contribution is -2.34. The number of anilines is 2. The maximum absolute atomic E-state index is 13.3. The van der Waals surface area contributed by atoms with Gasteiger partial charge in [-0.15, -0.1) is 12.4 Å². The van der Waals surface area contributed by atoms with E-state index in [4.69, 9.17) is 4.98 Å². The van der Waals surface area contributed by atoms with Gasteiger partial charge in [-0.05, 0) is 61.9 Å². The quantitative estimate of drug-likeness (QED) is 0.536. The Kier molecular flexibility index (Phi) is 8.02. The van der Waals surface area contributed by atoms with Gasteiger partial charge in [-0.25, -0.2) is 13.8 Å². The van der Waals surface area contributed by atoms with Crippen LogP contribution in [0.25, 0.3) is 10.9 Å². The Bertz CT molecular complexity index is 1120. The van der Waals surface area contributed by atoms with Gasteiger partial charge in [0, 0.05) is 37.6 Å². The Balaban J connectivity index is 0.00000306. The molecular weight excluding hydrogens is 448 g/mol. The molecule has 176 valence electrons. The van der Waals surface area contributed by atoms with E-state index in [9.17, 15) is 13.6 Å². The summed E-state index contributed by atoms with van der Waals surface area (Å²) in [5, 5.41) is 7.34. The summed E-state index contributed by atoms with van der Waals surface area (Å²) in [7, 11) is 3.94. The first-order valence-electron chi connectivity index (χ1n) is 10.8. The molecule has 3 aromatic rings. The number of amides is 1. The van der Waals surface area contributed by atoms with Crippen LogP contribution in [0.5, 0.6) is 0 Å². The summed E-state index contributed by atoms with van der Waals surface area (Å²) in [6, 6.07) is 11.4. The van der Waals surface area contributed by atoms with E-state index < -0.39 is 11.6 Å². The minimum Gasteiger partial charge on any atom is -0.362 e. The number of halogens is 3. The number of aromatic nitrogens is 2. The zero-order valence-electron chi connectivity index (χ0n) is 18.6. The number of hydrogen-bond acceptors (Lipinski definition) is 5. The van der Waals surface area contributed by atoms with Crippen LogP contribution >= 0.6 is 12.4 Å². The first kappa shape index (κ1) is 24.6. The highest BCUT2D eigenvalue weighted by atomic mass is 35.5. The molecule has 9 heteroatoms. The van der Waals surface area contributed by atoms with E-state index in [-0.39, 0.29) is 29.9 Å². The molecule has 1 aliphatic rings. The third-order valence-electron chi connectivity index (χ3n) is 5.92. The maximum atomic E-state index is 13.3. The summed E-state index contributed by atoms with van der Waals surface area (Å²) in [6.07, 6.45) is 3.78. The molecule has 0 saturated heterocycles. The van der Waals surface area contributed by atoms with Crippen molar-refractivity contribution in [3.63, 3.8) is 0 Å². The van der Waals surface area contributed by atoms with Gasteiger partial charge >= 0.3 is 0 Å². The van der Waals surface area contributed by atoms with Crippen LogP contribution in [0.1, 0.15) is 36.0 Å². The molecule has 33 heavy (non-hydrogen) atoms. The second kappa shape index (κ2) is 10.7. The number of benzene rings is 2. The molecule has 0 unspecified atom stereocenters. The van der Waals surface area contributed by atoms with Crippen molar-refractivity contribution in [2.45, 2.75) is 31.7 Å². The second-order valence-electron chi connectivity index (χ2n) is 8.48. The lowest BCUT2D eigenvalue weighted by Gasteiger charge is -2.29. The summed E-state index contributed by atoms with van der Waals surface area (Å²) in [5.74, 6) is -0.505. The molecular formula is C24H28ClF2N5O. The number of hydrogen-bond donors (Lipinski definition) is 2. The van der Waals surface area contributed by atoms with Crippen LogP contribution in [0.4, 0.5) is 20.5 Å². The fourth-order valence-corrected chi connectivity index (χ4v) is 4.14. The number of carbonyl (C=O) groups is 1. The van der Waals surface area contributed by atoms with Crippen LogP contribution in [-0.2, 0) is 0 Å². The summed E-state index contributed by atoms with van der Waals surface area (Å²) >= 11 is 0. The van der Waals surface area contributed by atoms with Crippen molar-refractivity contribution in [3.8, 4) is 0 Å². The Hall–Kier alpha value is -3.00. The Morgan fingerprint density at radius 3 is 2.45 bits per heavy atom. The molecule has 2 aromatic carbocycles. The normalized spacial score (nSPS) is 17.8. The smallest absolute Gasteiger partial charge is 0.251 e. The molecule has 0 bridgehead atoms. The van der Waals surface area contributed by atoms with E-state index >= 15 is 0 Å². The van der Waals surface area contributed by atoms with Crippen LogP contribution in [-0.4, -0.2) is 42.6 Å². The van der Waals surface area contributed by atoms with Crippen molar-refractivity contribution in [1.29, 1.82) is 0 Å². The summed E-state index contributed by atoms with van der Waals surface area (Å²) in [5.41, 5.74) is 1.03. The first-order valence-corrected chi connectivity index (χ1v) is 10.8. The molecule has 1 fully saturated rings. The molecule has 0 aliphatic heterocycles. The predicted molar refractivity (Wildman–Crippen MR) is 129 cm³/mol. The number of para-hydroxylation sites is 1. The standard InChI is InChI=1S/C24H27F2N5O.ClH/c1-31(2)22-18-5-3-4-6-21(18)29-24(30-22)28-17-10-7-15(8-11-17)14-27-23(32)16-9-12-19(25)20(26)13-16;/h3-6,9,12-13,15,17H,7-8,10-11,14H2,1-2H3,(H,27,32)(H,28,29,30);1H. The van der Waals surface area contributed by atoms with Gasteiger partial charge in [-0.3, -0.25) is 4.79 Å². The van der Waals surface area contributed by atoms with Crippen molar-refractivity contribution in [2.75, 3.05) is 30.9 Å². The van der Waals surface area contributed by atoms with Gasteiger partial charge < -0.3 is 15.5 Å². The topological polar surface area (TPSA) is 70.2 Å². The van der Waals surface area contributed by atoms with Gasteiger partial charge in [0.15, 0.2) is 11.6 Å². The molecule has 1 aliphatic carbocycles. The molecule has 0 atom stereocenters. The van der Waals surface area contributed by atoms with Gasteiger partial charge in [0.05, 0.1) is 5.52 Å². The number of carbonyl (C=O) groups excluding carboxylic acids is 1. The Labute approximate surface area is 198 Å². The SMILES string of the molecule is CN(C)c1nc(NC2CCC(CNC(=O)c3ccc(F)c(F)c3)CC2)nc2ccccc12.Cl. The van der Waals surface area contributed by atoms with Crippen molar-refractivity contribution >= 4 is 41.0 Å². The zero-order valence-corrected chi connectivity index (χ0v) is 19.5. The highest BCUT2D eigenvalue weighted by Gasteiger charge is 2.23. The maximum Gasteiger partial charge on any atom is 0.251 e. The van der Waals surface area contributed by atoms with Crippen molar-refractivity contribution in [3.05, 3.63) is 59.7 Å². The highest BCUT2D eigenvalue weighted by Crippen LogP contribution is 2.28. The van der Waals surface area contributed by atoms with Crippen molar-refractivity contribution in [1.82, 2.24) is 15.3 Å². The molecule has 2 N–H and O–H groups in total. The van der Waals surface area contributed by atoms with E-state index in [0.29, 0.717) is 18.4 Å². The minimum absolute atomic E-state index is 0. The van der Waals surface area contributed by atoms with Crippen LogP contribution in [0, 0.1) is 17.6 Å². The van der Waals surface area contributed by atoms with Crippen LogP contribution in [0.3, 0.4) is 0 Å². The molecule has 1 aromatic heterocycles. The highest BCUT2D eigenvalue weighted by molar-refractivity contribution is 5.94. The van der Waals surface area contributed by atoms with E-state index in [0.717, 1.165) is 54.5 Å². The largest absolute Gasteiger partial charge is 0.362 e. The van der Waals surface area contributed by atoms with E-state index in [1.54, 1.807) is 0 Å². The Morgan fingerprint density at radius 1 is 1.03 bits per heavy atom. The molecule has 0 spiro atoms. The fourth-order valence-electron chi connectivity index (χ4n) is 4.14. The van der Waals surface area contributed by atoms with Crippen molar-refractivity contribution < 1.29 is 13.6 Å². The lowest BCUT2D eigenvalue weighted by atomic mass is 9.86. The number of nitrogens with zero attached hydrogens (tertiary/aromatic N) is 3.